The van der Waals surface area contributed by atoms with Gasteiger partial charge in [-0.05, 0) is 12.5 Å². The van der Waals surface area contributed by atoms with E-state index in [2.05, 4.69) is 20.9 Å². The van der Waals surface area contributed by atoms with Gasteiger partial charge in [-0.3, -0.25) is 4.98 Å². The highest BCUT2D eigenvalue weighted by Gasteiger charge is 2.19. The summed E-state index contributed by atoms with van der Waals surface area (Å²) in [6.45, 7) is 1.64. The lowest BCUT2D eigenvalue weighted by molar-refractivity contribution is 0.150. The van der Waals surface area contributed by atoms with Crippen LogP contribution in [-0.4, -0.2) is 4.98 Å². The van der Waals surface area contributed by atoms with Gasteiger partial charge < -0.3 is 0 Å². The third kappa shape index (κ3) is 1.90. The molecule has 0 saturated heterocycles. The smallest absolute Gasteiger partial charge is 0.260 e. The molecular formula is C9H7BrF2N2. The maximum atomic E-state index is 12.6. The monoisotopic (exact) mass is 260 g/mol. The lowest BCUT2D eigenvalue weighted by atomic mass is 10.0. The van der Waals surface area contributed by atoms with E-state index in [9.17, 15) is 8.78 Å². The van der Waals surface area contributed by atoms with Gasteiger partial charge in [0.2, 0.25) is 0 Å². The zero-order valence-corrected chi connectivity index (χ0v) is 8.98. The largest absolute Gasteiger partial charge is 0.265 e. The van der Waals surface area contributed by atoms with Crippen LogP contribution in [0.15, 0.2) is 6.20 Å². The Morgan fingerprint density at radius 3 is 2.71 bits per heavy atom. The van der Waals surface area contributed by atoms with E-state index in [1.54, 1.807) is 13.0 Å². The molecule has 5 heteroatoms. The SMILES string of the molecule is Cc1ncc(C#N)c(C(F)F)c1CBr. The van der Waals surface area contributed by atoms with Crippen molar-refractivity contribution in [3.8, 4) is 6.07 Å². The minimum Gasteiger partial charge on any atom is -0.260 e. The topological polar surface area (TPSA) is 36.7 Å². The zero-order valence-electron chi connectivity index (χ0n) is 7.39. The fraction of sp³-hybridized carbons (Fsp3) is 0.333. The van der Waals surface area contributed by atoms with E-state index in [0.717, 1.165) is 0 Å². The summed E-state index contributed by atoms with van der Waals surface area (Å²) in [4.78, 5) is 3.88. The van der Waals surface area contributed by atoms with Gasteiger partial charge in [-0.15, -0.1) is 0 Å². The van der Waals surface area contributed by atoms with Gasteiger partial charge in [-0.1, -0.05) is 15.9 Å². The molecule has 0 amide bonds. The number of pyridine rings is 1. The van der Waals surface area contributed by atoms with E-state index in [-0.39, 0.29) is 16.5 Å². The van der Waals surface area contributed by atoms with Gasteiger partial charge in [0.05, 0.1) is 5.56 Å². The Balaban J connectivity index is 3.46. The fourth-order valence-electron chi connectivity index (χ4n) is 1.17. The van der Waals surface area contributed by atoms with Crippen molar-refractivity contribution in [2.45, 2.75) is 18.7 Å². The maximum Gasteiger partial charge on any atom is 0.265 e. The Morgan fingerprint density at radius 2 is 2.29 bits per heavy atom. The van der Waals surface area contributed by atoms with Crippen LogP contribution in [0.1, 0.15) is 28.8 Å². The molecule has 0 atom stereocenters. The van der Waals surface area contributed by atoms with Crippen LogP contribution < -0.4 is 0 Å². The van der Waals surface area contributed by atoms with Crippen LogP contribution >= 0.6 is 15.9 Å². The molecule has 0 saturated carbocycles. The first kappa shape index (κ1) is 11.1. The second-order valence-electron chi connectivity index (χ2n) is 2.70. The lowest BCUT2D eigenvalue weighted by Gasteiger charge is -2.10. The summed E-state index contributed by atoms with van der Waals surface area (Å²) in [5, 5.41) is 8.92. The van der Waals surface area contributed by atoms with Crippen molar-refractivity contribution in [1.82, 2.24) is 4.98 Å². The average Bonchev–Trinajstić information content (AvgIpc) is 2.17. The third-order valence-corrected chi connectivity index (χ3v) is 2.47. The van der Waals surface area contributed by atoms with Crippen LogP contribution in [0.4, 0.5) is 8.78 Å². The Morgan fingerprint density at radius 1 is 1.64 bits per heavy atom. The molecule has 0 unspecified atom stereocenters. The lowest BCUT2D eigenvalue weighted by Crippen LogP contribution is -2.01. The quantitative estimate of drug-likeness (QED) is 0.767. The van der Waals surface area contributed by atoms with Crippen molar-refractivity contribution in [2.24, 2.45) is 0 Å². The van der Waals surface area contributed by atoms with Crippen molar-refractivity contribution in [1.29, 1.82) is 5.26 Å². The van der Waals surface area contributed by atoms with Gasteiger partial charge in [0.25, 0.3) is 6.43 Å². The summed E-state index contributed by atoms with van der Waals surface area (Å²) < 4.78 is 25.3. The number of aryl methyl sites for hydroxylation is 1. The molecule has 74 valence electrons. The van der Waals surface area contributed by atoms with Gasteiger partial charge >= 0.3 is 0 Å². The first-order valence-electron chi connectivity index (χ1n) is 3.84. The Kier molecular flexibility index (Phi) is 3.53. The van der Waals surface area contributed by atoms with Gasteiger partial charge in [0.1, 0.15) is 6.07 Å². The molecular weight excluding hydrogens is 254 g/mol. The molecule has 0 fully saturated rings. The van der Waals surface area contributed by atoms with E-state index in [4.69, 9.17) is 5.26 Å². The Hall–Kier alpha value is -1.02. The summed E-state index contributed by atoms with van der Waals surface area (Å²) in [5.74, 6) is 0. The minimum absolute atomic E-state index is 0.0555. The number of nitriles is 1. The van der Waals surface area contributed by atoms with Crippen molar-refractivity contribution in [2.75, 3.05) is 0 Å². The van der Waals surface area contributed by atoms with Crippen LogP contribution in [0.5, 0.6) is 0 Å². The molecule has 2 nitrogen and oxygen atoms in total. The molecule has 0 aromatic carbocycles. The molecule has 0 spiro atoms. The summed E-state index contributed by atoms with van der Waals surface area (Å²) in [5.41, 5.74) is 0.659. The first-order chi connectivity index (χ1) is 6.61. The molecule has 1 aromatic heterocycles. The number of aromatic nitrogens is 1. The zero-order chi connectivity index (χ0) is 10.7. The highest BCUT2D eigenvalue weighted by atomic mass is 79.9. The summed E-state index contributed by atoms with van der Waals surface area (Å²) >= 11 is 3.11. The minimum atomic E-state index is -2.64. The predicted octanol–water partition coefficient (Wildman–Crippen LogP) is 3.09. The van der Waals surface area contributed by atoms with E-state index in [1.165, 1.54) is 6.20 Å². The highest BCUT2D eigenvalue weighted by Crippen LogP contribution is 2.28. The average molecular weight is 261 g/mol. The van der Waals surface area contributed by atoms with Crippen LogP contribution in [0.25, 0.3) is 0 Å². The van der Waals surface area contributed by atoms with Crippen molar-refractivity contribution in [3.05, 3.63) is 28.6 Å². The van der Waals surface area contributed by atoms with Gasteiger partial charge in [0.15, 0.2) is 0 Å². The molecule has 1 aromatic rings. The number of halogens is 3. The molecule has 0 N–H and O–H groups in total. The third-order valence-electron chi connectivity index (χ3n) is 1.91. The van der Waals surface area contributed by atoms with Crippen molar-refractivity contribution in [3.63, 3.8) is 0 Å². The molecule has 0 aliphatic heterocycles. The van der Waals surface area contributed by atoms with E-state index in [0.29, 0.717) is 11.3 Å². The highest BCUT2D eigenvalue weighted by molar-refractivity contribution is 9.08. The number of rotatable bonds is 2. The standard InChI is InChI=1S/C9H7BrF2N2/c1-5-7(2-10)8(9(11)12)6(3-13)4-14-5/h4,9H,2H2,1H3. The molecule has 0 aliphatic carbocycles. The Labute approximate surface area is 88.7 Å². The van der Waals surface area contributed by atoms with E-state index < -0.39 is 6.43 Å². The normalized spacial score (nSPS) is 10.3. The number of nitrogens with zero attached hydrogens (tertiary/aromatic N) is 2. The van der Waals surface area contributed by atoms with Crippen molar-refractivity contribution >= 4 is 15.9 Å². The molecule has 0 bridgehead atoms. The fourth-order valence-corrected chi connectivity index (χ4v) is 1.88. The van der Waals surface area contributed by atoms with Crippen LogP contribution in [0.2, 0.25) is 0 Å². The summed E-state index contributed by atoms with van der Waals surface area (Å²) in [7, 11) is 0. The van der Waals surface area contributed by atoms with Gasteiger partial charge in [-0.2, -0.15) is 5.26 Å². The Bertz CT molecular complexity index is 385. The first-order valence-corrected chi connectivity index (χ1v) is 4.96. The van der Waals surface area contributed by atoms with Crippen LogP contribution in [0, 0.1) is 18.3 Å². The molecule has 0 radical (unpaired) electrons. The van der Waals surface area contributed by atoms with Gasteiger partial charge in [0, 0.05) is 22.8 Å². The van der Waals surface area contributed by atoms with Gasteiger partial charge in [-0.25, -0.2) is 8.78 Å². The molecule has 0 aliphatic rings. The number of hydrogen-bond donors (Lipinski definition) is 0. The second-order valence-corrected chi connectivity index (χ2v) is 3.26. The second kappa shape index (κ2) is 4.47. The molecule has 1 heterocycles. The molecule has 14 heavy (non-hydrogen) atoms. The maximum absolute atomic E-state index is 12.6. The summed E-state index contributed by atoms with van der Waals surface area (Å²) in [6.07, 6.45) is -1.46. The molecule has 1 rings (SSSR count). The summed E-state index contributed by atoms with van der Waals surface area (Å²) in [6, 6.07) is 1.72. The van der Waals surface area contributed by atoms with Crippen molar-refractivity contribution < 1.29 is 8.78 Å². The van der Waals surface area contributed by atoms with E-state index in [1.807, 2.05) is 0 Å². The van der Waals surface area contributed by atoms with E-state index >= 15 is 0 Å². The number of alkyl halides is 3. The number of hydrogen-bond acceptors (Lipinski definition) is 2. The van der Waals surface area contributed by atoms with Crippen LogP contribution in [0.3, 0.4) is 0 Å². The predicted molar refractivity (Wildman–Crippen MR) is 51.3 cm³/mol. The van der Waals surface area contributed by atoms with Crippen LogP contribution in [-0.2, 0) is 5.33 Å².